The number of nitrogens with zero attached hydrogens (tertiary/aromatic N) is 2. The maximum absolute atomic E-state index is 12.1. The molecule has 24 heavy (non-hydrogen) atoms. The molecule has 8 nitrogen and oxygen atoms in total. The van der Waals surface area contributed by atoms with Crippen LogP contribution in [0.4, 0.5) is 0 Å². The number of amides is 1. The Hall–Kier alpha value is -2.77. The number of nitrogens with one attached hydrogen (secondary N) is 1. The minimum Gasteiger partial charge on any atom is -0.493 e. The van der Waals surface area contributed by atoms with Crippen molar-refractivity contribution in [2.45, 2.75) is 32.9 Å². The number of carbonyl (C=O) groups is 1. The van der Waals surface area contributed by atoms with Gasteiger partial charge in [-0.2, -0.15) is 0 Å². The minimum atomic E-state index is -0.705. The summed E-state index contributed by atoms with van der Waals surface area (Å²) in [6.45, 7) is 5.38. The van der Waals surface area contributed by atoms with E-state index in [0.29, 0.717) is 17.1 Å². The van der Waals surface area contributed by atoms with Gasteiger partial charge in [0.25, 0.3) is 0 Å². The van der Waals surface area contributed by atoms with Crippen molar-refractivity contribution in [1.82, 2.24) is 15.0 Å². The fraction of sp³-hybridized carbons (Fsp3) is 0.438. The van der Waals surface area contributed by atoms with Gasteiger partial charge in [-0.05, 0) is 39.0 Å². The third-order valence-corrected chi connectivity index (χ3v) is 3.14. The molecule has 0 saturated heterocycles. The van der Waals surface area contributed by atoms with Gasteiger partial charge in [0.2, 0.25) is 5.91 Å². The van der Waals surface area contributed by atoms with Crippen LogP contribution in [0.5, 0.6) is 11.5 Å². The van der Waals surface area contributed by atoms with Gasteiger partial charge in [-0.15, -0.1) is 0 Å². The zero-order valence-corrected chi connectivity index (χ0v) is 14.4. The fourth-order valence-corrected chi connectivity index (χ4v) is 2.19. The van der Waals surface area contributed by atoms with E-state index >= 15 is 0 Å². The maximum atomic E-state index is 12.1. The normalized spacial score (nSPS) is 11.2. The first kappa shape index (κ1) is 17.6. The Kier molecular flexibility index (Phi) is 4.96. The van der Waals surface area contributed by atoms with Crippen molar-refractivity contribution in [3.05, 3.63) is 28.7 Å². The van der Waals surface area contributed by atoms with Crippen LogP contribution in [-0.4, -0.2) is 35.4 Å². The Morgan fingerprint density at radius 2 is 1.92 bits per heavy atom. The van der Waals surface area contributed by atoms with E-state index in [1.807, 2.05) is 20.8 Å². The second-order valence-electron chi connectivity index (χ2n) is 6.23. The molecule has 1 aromatic carbocycles. The van der Waals surface area contributed by atoms with Crippen LogP contribution < -0.4 is 20.5 Å². The molecule has 0 unspecified atom stereocenters. The Morgan fingerprint density at radius 3 is 2.50 bits per heavy atom. The molecule has 2 rings (SSSR count). The molecule has 0 spiro atoms. The highest BCUT2D eigenvalue weighted by atomic mass is 16.5. The number of aromatic nitrogens is 2. The van der Waals surface area contributed by atoms with Crippen molar-refractivity contribution >= 4 is 5.91 Å². The van der Waals surface area contributed by atoms with Gasteiger partial charge in [0.05, 0.1) is 14.2 Å². The summed E-state index contributed by atoms with van der Waals surface area (Å²) in [5, 5.41) is 6.56. The molecule has 130 valence electrons. The number of rotatable bonds is 5. The van der Waals surface area contributed by atoms with Gasteiger partial charge in [-0.3, -0.25) is 9.32 Å². The lowest BCUT2D eigenvalue weighted by atomic mass is 10.1. The average Bonchev–Trinajstić information content (AvgIpc) is 2.85. The second-order valence-corrected chi connectivity index (χ2v) is 6.23. The van der Waals surface area contributed by atoms with Crippen LogP contribution in [0.3, 0.4) is 0 Å². The summed E-state index contributed by atoms with van der Waals surface area (Å²) in [7, 11) is 3.04. The molecule has 1 aromatic heterocycles. The van der Waals surface area contributed by atoms with Crippen molar-refractivity contribution in [2.24, 2.45) is 0 Å². The number of methoxy groups -OCH3 is 2. The largest absolute Gasteiger partial charge is 0.493 e. The molecule has 0 bridgehead atoms. The second kappa shape index (κ2) is 6.77. The summed E-state index contributed by atoms with van der Waals surface area (Å²) in [6, 6.07) is 5.05. The maximum Gasteiger partial charge on any atom is 0.442 e. The third kappa shape index (κ3) is 3.95. The molecule has 1 amide bonds. The van der Waals surface area contributed by atoms with Gasteiger partial charge in [-0.25, -0.2) is 9.36 Å². The smallest absolute Gasteiger partial charge is 0.442 e. The van der Waals surface area contributed by atoms with E-state index in [2.05, 4.69) is 10.5 Å². The number of hydrogen-bond acceptors (Lipinski definition) is 6. The van der Waals surface area contributed by atoms with E-state index in [-0.39, 0.29) is 18.3 Å². The third-order valence-electron chi connectivity index (χ3n) is 3.14. The predicted molar refractivity (Wildman–Crippen MR) is 87.2 cm³/mol. The van der Waals surface area contributed by atoms with Crippen LogP contribution in [0.25, 0.3) is 11.4 Å². The van der Waals surface area contributed by atoms with Crippen LogP contribution in [0.1, 0.15) is 20.8 Å². The number of ether oxygens (including phenoxy) is 2. The van der Waals surface area contributed by atoms with Gasteiger partial charge >= 0.3 is 5.76 Å². The molecule has 8 heteroatoms. The van der Waals surface area contributed by atoms with Crippen molar-refractivity contribution in [3.63, 3.8) is 0 Å². The Labute approximate surface area is 139 Å². The van der Waals surface area contributed by atoms with Crippen LogP contribution in [0, 0.1) is 0 Å². The lowest BCUT2D eigenvalue weighted by Gasteiger charge is -2.20. The van der Waals surface area contributed by atoms with Crippen molar-refractivity contribution < 1.29 is 18.8 Å². The van der Waals surface area contributed by atoms with Crippen LogP contribution in [0.2, 0.25) is 0 Å². The van der Waals surface area contributed by atoms with Crippen molar-refractivity contribution in [3.8, 4) is 22.9 Å². The molecule has 0 saturated carbocycles. The highest BCUT2D eigenvalue weighted by Crippen LogP contribution is 2.31. The zero-order valence-electron chi connectivity index (χ0n) is 14.4. The lowest BCUT2D eigenvalue weighted by molar-refractivity contribution is -0.123. The van der Waals surface area contributed by atoms with Gasteiger partial charge in [0.1, 0.15) is 6.54 Å². The van der Waals surface area contributed by atoms with Gasteiger partial charge in [-0.1, -0.05) is 5.16 Å². The number of hydrogen-bond donors (Lipinski definition) is 1. The van der Waals surface area contributed by atoms with Crippen LogP contribution in [0.15, 0.2) is 27.5 Å². The lowest BCUT2D eigenvalue weighted by Crippen LogP contribution is -2.43. The molecular formula is C16H21N3O5. The monoisotopic (exact) mass is 335 g/mol. The summed E-state index contributed by atoms with van der Waals surface area (Å²) in [5.74, 6) is 0.253. The predicted octanol–water partition coefficient (Wildman–Crippen LogP) is 1.44. The fourth-order valence-electron chi connectivity index (χ4n) is 2.19. The molecule has 2 aromatic rings. The Bertz CT molecular complexity index is 786. The minimum absolute atomic E-state index is 0.191. The molecule has 0 fully saturated rings. The Morgan fingerprint density at radius 1 is 1.25 bits per heavy atom. The van der Waals surface area contributed by atoms with E-state index in [1.165, 1.54) is 18.8 Å². The standard InChI is InChI=1S/C16H21N3O5/c1-16(2,3)17-13(20)9-19-14(18-24-15(19)21)10-6-7-11(22-4)12(8-10)23-5/h6-8H,9H2,1-5H3,(H,17,20). The van der Waals surface area contributed by atoms with Gasteiger partial charge in [0.15, 0.2) is 17.3 Å². The van der Waals surface area contributed by atoms with E-state index in [4.69, 9.17) is 14.0 Å². The summed E-state index contributed by atoms with van der Waals surface area (Å²) in [6.07, 6.45) is 0. The first-order valence-electron chi connectivity index (χ1n) is 7.35. The topological polar surface area (TPSA) is 95.6 Å². The van der Waals surface area contributed by atoms with Gasteiger partial charge < -0.3 is 14.8 Å². The quantitative estimate of drug-likeness (QED) is 0.888. The first-order chi connectivity index (χ1) is 11.2. The highest BCUT2D eigenvalue weighted by Gasteiger charge is 2.20. The van der Waals surface area contributed by atoms with E-state index in [1.54, 1.807) is 18.2 Å². The SMILES string of the molecule is COc1ccc(-c2noc(=O)n2CC(=O)NC(C)(C)C)cc1OC. The number of carbonyl (C=O) groups excluding carboxylic acids is 1. The summed E-state index contributed by atoms with van der Waals surface area (Å²) in [5.41, 5.74) is 0.170. The highest BCUT2D eigenvalue weighted by molar-refractivity contribution is 5.77. The average molecular weight is 335 g/mol. The summed E-state index contributed by atoms with van der Waals surface area (Å²) < 4.78 is 16.3. The van der Waals surface area contributed by atoms with E-state index in [0.717, 1.165) is 0 Å². The molecule has 0 atom stereocenters. The zero-order chi connectivity index (χ0) is 17.9. The van der Waals surface area contributed by atoms with Crippen molar-refractivity contribution in [1.29, 1.82) is 0 Å². The molecule has 1 N–H and O–H groups in total. The molecule has 1 heterocycles. The molecule has 0 aliphatic heterocycles. The molecule has 0 radical (unpaired) electrons. The molecule has 0 aliphatic carbocycles. The van der Waals surface area contributed by atoms with E-state index in [9.17, 15) is 9.59 Å². The molecule has 0 aliphatic rings. The summed E-state index contributed by atoms with van der Waals surface area (Å²) in [4.78, 5) is 24.0. The first-order valence-corrected chi connectivity index (χ1v) is 7.35. The van der Waals surface area contributed by atoms with E-state index < -0.39 is 11.3 Å². The number of benzene rings is 1. The van der Waals surface area contributed by atoms with Crippen molar-refractivity contribution in [2.75, 3.05) is 14.2 Å². The Balaban J connectivity index is 2.36. The molecular weight excluding hydrogens is 314 g/mol. The van der Waals surface area contributed by atoms with Crippen LogP contribution in [-0.2, 0) is 11.3 Å². The summed E-state index contributed by atoms with van der Waals surface area (Å²) >= 11 is 0. The van der Waals surface area contributed by atoms with Gasteiger partial charge in [0, 0.05) is 11.1 Å². The van der Waals surface area contributed by atoms with Crippen LogP contribution >= 0.6 is 0 Å².